The third-order valence-corrected chi connectivity index (χ3v) is 3.23. The zero-order valence-electron chi connectivity index (χ0n) is 10.6. The van der Waals surface area contributed by atoms with E-state index in [0.29, 0.717) is 17.7 Å². The van der Waals surface area contributed by atoms with E-state index < -0.39 is 17.7 Å². The van der Waals surface area contributed by atoms with Gasteiger partial charge in [0.25, 0.3) is 0 Å². The molecule has 2 rings (SSSR count). The number of aliphatic hydroxyl groups excluding tert-OH is 1. The smallest absolute Gasteiger partial charge is 0.339 e. The van der Waals surface area contributed by atoms with E-state index in [1.54, 1.807) is 19.9 Å². The first-order valence-corrected chi connectivity index (χ1v) is 5.67. The van der Waals surface area contributed by atoms with Crippen LogP contribution in [-0.4, -0.2) is 35.0 Å². The number of ether oxygens (including phenoxy) is 2. The molecule has 98 valence electrons. The Balaban J connectivity index is 2.61. The average Bonchev–Trinajstić information content (AvgIpc) is 2.28. The van der Waals surface area contributed by atoms with Crippen molar-refractivity contribution < 1.29 is 24.5 Å². The summed E-state index contributed by atoms with van der Waals surface area (Å²) in [7, 11) is 1.50. The van der Waals surface area contributed by atoms with Crippen molar-refractivity contribution in [2.45, 2.75) is 32.0 Å². The van der Waals surface area contributed by atoms with Crippen LogP contribution in [-0.2, 0) is 6.42 Å². The van der Waals surface area contributed by atoms with Crippen LogP contribution in [0.25, 0.3) is 0 Å². The van der Waals surface area contributed by atoms with Crippen LogP contribution in [0.2, 0.25) is 0 Å². The van der Waals surface area contributed by atoms with Gasteiger partial charge in [-0.2, -0.15) is 0 Å². The molecule has 1 atom stereocenters. The lowest BCUT2D eigenvalue weighted by atomic mass is 9.89. The fourth-order valence-electron chi connectivity index (χ4n) is 2.05. The molecule has 5 heteroatoms. The molecule has 0 aromatic heterocycles. The molecule has 0 radical (unpaired) electrons. The summed E-state index contributed by atoms with van der Waals surface area (Å²) in [5, 5.41) is 19.2. The van der Waals surface area contributed by atoms with Gasteiger partial charge in [-0.05, 0) is 26.0 Å². The summed E-state index contributed by atoms with van der Waals surface area (Å²) in [4.78, 5) is 11.2. The van der Waals surface area contributed by atoms with Crippen molar-refractivity contribution in [2.75, 3.05) is 7.11 Å². The predicted octanol–water partition coefficient (Wildman–Crippen LogP) is 1.47. The minimum atomic E-state index is -1.05. The highest BCUT2D eigenvalue weighted by molar-refractivity contribution is 5.92. The maximum Gasteiger partial charge on any atom is 0.339 e. The van der Waals surface area contributed by atoms with Gasteiger partial charge in [0.15, 0.2) is 0 Å². The van der Waals surface area contributed by atoms with E-state index in [9.17, 15) is 9.90 Å². The first-order chi connectivity index (χ1) is 8.36. The topological polar surface area (TPSA) is 76.0 Å². The van der Waals surface area contributed by atoms with Gasteiger partial charge in [-0.15, -0.1) is 0 Å². The van der Waals surface area contributed by atoms with Crippen LogP contribution in [0.15, 0.2) is 12.1 Å². The first-order valence-electron chi connectivity index (χ1n) is 5.67. The molecule has 18 heavy (non-hydrogen) atoms. The van der Waals surface area contributed by atoms with E-state index in [2.05, 4.69) is 0 Å². The van der Waals surface area contributed by atoms with Crippen LogP contribution in [0.4, 0.5) is 0 Å². The molecule has 0 amide bonds. The van der Waals surface area contributed by atoms with E-state index in [4.69, 9.17) is 14.6 Å². The molecule has 0 aliphatic carbocycles. The van der Waals surface area contributed by atoms with Crippen LogP contribution >= 0.6 is 0 Å². The van der Waals surface area contributed by atoms with Crippen molar-refractivity contribution in [2.24, 2.45) is 0 Å². The van der Waals surface area contributed by atoms with E-state index in [-0.39, 0.29) is 11.3 Å². The summed E-state index contributed by atoms with van der Waals surface area (Å²) in [6.07, 6.45) is -0.393. The number of carbonyl (C=O) groups is 1. The molecule has 0 saturated heterocycles. The maximum atomic E-state index is 11.2. The van der Waals surface area contributed by atoms with Gasteiger partial charge in [-0.1, -0.05) is 0 Å². The zero-order valence-corrected chi connectivity index (χ0v) is 10.6. The Hall–Kier alpha value is -1.75. The van der Waals surface area contributed by atoms with Crippen LogP contribution in [0.1, 0.15) is 29.8 Å². The lowest BCUT2D eigenvalue weighted by Gasteiger charge is -2.38. The number of rotatable bonds is 2. The number of hydrogen-bond donors (Lipinski definition) is 2. The SMILES string of the molecule is COc1ccc(C(=O)O)c2c1C[C@H](O)C(C)(C)O2. The van der Waals surface area contributed by atoms with Gasteiger partial charge in [0, 0.05) is 12.0 Å². The largest absolute Gasteiger partial charge is 0.496 e. The van der Waals surface area contributed by atoms with Gasteiger partial charge in [0.1, 0.15) is 22.7 Å². The second kappa shape index (κ2) is 4.17. The minimum Gasteiger partial charge on any atom is -0.496 e. The molecule has 1 aromatic carbocycles. The third-order valence-electron chi connectivity index (χ3n) is 3.23. The maximum absolute atomic E-state index is 11.2. The zero-order chi connectivity index (χ0) is 13.5. The summed E-state index contributed by atoms with van der Waals surface area (Å²) in [6.45, 7) is 3.46. The Morgan fingerprint density at radius 3 is 2.72 bits per heavy atom. The molecule has 0 saturated carbocycles. The van der Waals surface area contributed by atoms with Gasteiger partial charge in [-0.3, -0.25) is 0 Å². The summed E-state index contributed by atoms with van der Waals surface area (Å²) >= 11 is 0. The summed E-state index contributed by atoms with van der Waals surface area (Å²) < 4.78 is 10.8. The second-order valence-corrected chi connectivity index (χ2v) is 4.85. The normalized spacial score (nSPS) is 20.8. The Labute approximate surface area is 105 Å². The van der Waals surface area contributed by atoms with Gasteiger partial charge in [0.2, 0.25) is 0 Å². The molecular formula is C13H16O5. The number of carboxylic acids is 1. The Bertz CT molecular complexity index is 492. The van der Waals surface area contributed by atoms with Crippen LogP contribution in [0.5, 0.6) is 11.5 Å². The summed E-state index contributed by atoms with van der Waals surface area (Å²) in [5.74, 6) is -0.234. The van der Waals surface area contributed by atoms with Crippen LogP contribution in [0.3, 0.4) is 0 Å². The monoisotopic (exact) mass is 252 g/mol. The molecule has 2 N–H and O–H groups in total. The highest BCUT2D eigenvalue weighted by Gasteiger charge is 2.39. The van der Waals surface area contributed by atoms with Crippen molar-refractivity contribution in [3.05, 3.63) is 23.3 Å². The highest BCUT2D eigenvalue weighted by atomic mass is 16.5. The van der Waals surface area contributed by atoms with Crippen LogP contribution in [0, 0.1) is 0 Å². The van der Waals surface area contributed by atoms with Crippen molar-refractivity contribution in [3.8, 4) is 11.5 Å². The summed E-state index contributed by atoms with van der Waals surface area (Å²) in [5.41, 5.74) is -0.126. The predicted molar refractivity (Wildman–Crippen MR) is 64.4 cm³/mol. The summed E-state index contributed by atoms with van der Waals surface area (Å²) in [6, 6.07) is 3.03. The number of benzene rings is 1. The van der Waals surface area contributed by atoms with E-state index >= 15 is 0 Å². The molecule has 1 aliphatic rings. The third kappa shape index (κ3) is 1.90. The highest BCUT2D eigenvalue weighted by Crippen LogP contribution is 2.40. The quantitative estimate of drug-likeness (QED) is 0.833. The molecule has 1 aromatic rings. The van der Waals surface area contributed by atoms with Crippen LogP contribution < -0.4 is 9.47 Å². The van der Waals surface area contributed by atoms with Crippen molar-refractivity contribution in [3.63, 3.8) is 0 Å². The number of fused-ring (bicyclic) bond motifs is 1. The molecule has 1 aliphatic heterocycles. The van der Waals surface area contributed by atoms with E-state index in [1.165, 1.54) is 13.2 Å². The first kappa shape index (κ1) is 12.7. The molecular weight excluding hydrogens is 236 g/mol. The molecule has 0 spiro atoms. The van der Waals surface area contributed by atoms with Gasteiger partial charge >= 0.3 is 5.97 Å². The Morgan fingerprint density at radius 1 is 1.50 bits per heavy atom. The molecule has 0 bridgehead atoms. The second-order valence-electron chi connectivity index (χ2n) is 4.85. The number of carboxylic acid groups (broad SMARTS) is 1. The fraction of sp³-hybridized carbons (Fsp3) is 0.462. The van der Waals surface area contributed by atoms with Gasteiger partial charge < -0.3 is 19.7 Å². The lowest BCUT2D eigenvalue weighted by molar-refractivity contribution is -0.0423. The number of hydrogen-bond acceptors (Lipinski definition) is 4. The number of aromatic carboxylic acids is 1. The van der Waals surface area contributed by atoms with Gasteiger partial charge in [-0.25, -0.2) is 4.79 Å². The lowest BCUT2D eigenvalue weighted by Crippen LogP contribution is -2.46. The number of aliphatic hydroxyl groups is 1. The minimum absolute atomic E-state index is 0.0887. The van der Waals surface area contributed by atoms with Gasteiger partial charge in [0.05, 0.1) is 13.2 Å². The fourth-order valence-corrected chi connectivity index (χ4v) is 2.05. The molecule has 0 fully saturated rings. The van der Waals surface area contributed by atoms with Crippen molar-refractivity contribution in [1.82, 2.24) is 0 Å². The van der Waals surface area contributed by atoms with Crippen molar-refractivity contribution in [1.29, 1.82) is 0 Å². The molecule has 1 heterocycles. The Kier molecular flexibility index (Phi) is 2.94. The van der Waals surface area contributed by atoms with Crippen molar-refractivity contribution >= 4 is 5.97 Å². The molecule has 5 nitrogen and oxygen atoms in total. The molecule has 0 unspecified atom stereocenters. The Morgan fingerprint density at radius 2 is 2.17 bits per heavy atom. The number of methoxy groups -OCH3 is 1. The van der Waals surface area contributed by atoms with E-state index in [0.717, 1.165) is 0 Å². The standard InChI is InChI=1S/C13H16O5/c1-13(2)10(14)6-8-9(17-3)5-4-7(12(15)16)11(8)18-13/h4-5,10,14H,6H2,1-3H3,(H,15,16)/t10-/m0/s1. The average molecular weight is 252 g/mol. The van der Waals surface area contributed by atoms with E-state index in [1.807, 2.05) is 0 Å².